The predicted octanol–water partition coefficient (Wildman–Crippen LogP) is 2.38. The number of carbonyl (C=O) groups excluding carboxylic acids is 1. The molecule has 0 saturated carbocycles. The molecule has 5 nitrogen and oxygen atoms in total. The van der Waals surface area contributed by atoms with Gasteiger partial charge in [-0.1, -0.05) is 35.9 Å². The van der Waals surface area contributed by atoms with E-state index in [1.54, 1.807) is 24.3 Å². The van der Waals surface area contributed by atoms with E-state index in [-0.39, 0.29) is 22.8 Å². The van der Waals surface area contributed by atoms with Crippen LogP contribution in [0.3, 0.4) is 0 Å². The van der Waals surface area contributed by atoms with Crippen LogP contribution in [-0.2, 0) is 14.8 Å². The van der Waals surface area contributed by atoms with Crippen LogP contribution in [0.15, 0.2) is 53.4 Å². The topological polar surface area (TPSA) is 66.5 Å². The molecule has 2 atom stereocenters. The number of nitrogens with zero attached hydrogens (tertiary/aromatic N) is 1. The SMILES string of the molecule is Cc1ccc(S(=O)(=O)N2C[C@@H]3CC(=O)N[C@H]3c3ccccc32)cc1. The maximum Gasteiger partial charge on any atom is 0.264 e. The van der Waals surface area contributed by atoms with Crippen molar-refractivity contribution in [3.05, 3.63) is 59.7 Å². The molecular formula is C18H18N2O3S. The number of hydrogen-bond acceptors (Lipinski definition) is 3. The van der Waals surface area contributed by atoms with Crippen LogP contribution in [0.1, 0.15) is 23.6 Å². The smallest absolute Gasteiger partial charge is 0.264 e. The molecule has 0 spiro atoms. The Morgan fingerprint density at radius 2 is 1.79 bits per heavy atom. The fraction of sp³-hybridized carbons (Fsp3) is 0.278. The summed E-state index contributed by atoms with van der Waals surface area (Å²) in [5.41, 5.74) is 2.54. The van der Waals surface area contributed by atoms with Crippen molar-refractivity contribution in [2.24, 2.45) is 5.92 Å². The van der Waals surface area contributed by atoms with E-state index in [0.29, 0.717) is 18.7 Å². The molecule has 124 valence electrons. The quantitative estimate of drug-likeness (QED) is 0.911. The van der Waals surface area contributed by atoms with Crippen LogP contribution in [0.5, 0.6) is 0 Å². The maximum atomic E-state index is 13.2. The number of sulfonamides is 1. The van der Waals surface area contributed by atoms with E-state index in [1.165, 1.54) is 4.31 Å². The van der Waals surface area contributed by atoms with Crippen molar-refractivity contribution in [2.75, 3.05) is 10.8 Å². The number of carbonyl (C=O) groups is 1. The first-order valence-electron chi connectivity index (χ1n) is 7.94. The molecule has 0 radical (unpaired) electrons. The number of aryl methyl sites for hydroxylation is 1. The number of amides is 1. The van der Waals surface area contributed by atoms with Gasteiger partial charge in [-0.05, 0) is 30.7 Å². The highest BCUT2D eigenvalue weighted by Crippen LogP contribution is 2.43. The molecule has 0 aliphatic carbocycles. The summed E-state index contributed by atoms with van der Waals surface area (Å²) in [4.78, 5) is 12.1. The Labute approximate surface area is 141 Å². The van der Waals surface area contributed by atoms with Crippen LogP contribution in [0.4, 0.5) is 5.69 Å². The molecule has 1 amide bonds. The Kier molecular flexibility index (Phi) is 3.38. The van der Waals surface area contributed by atoms with Crippen molar-refractivity contribution >= 4 is 21.6 Å². The molecule has 24 heavy (non-hydrogen) atoms. The fourth-order valence-corrected chi connectivity index (χ4v) is 5.11. The first-order chi connectivity index (χ1) is 11.5. The van der Waals surface area contributed by atoms with Gasteiger partial charge in [0.05, 0.1) is 16.6 Å². The molecule has 1 fully saturated rings. The standard InChI is InChI=1S/C18H18N2O3S/c1-12-6-8-14(9-7-12)24(22,23)20-11-13-10-17(21)19-18(13)15-4-2-3-5-16(15)20/h2-9,13,18H,10-11H2,1H3,(H,19,21)/t13-,18+/m0/s1. The maximum absolute atomic E-state index is 13.2. The summed E-state index contributed by atoms with van der Waals surface area (Å²) < 4.78 is 27.8. The first-order valence-corrected chi connectivity index (χ1v) is 9.38. The van der Waals surface area contributed by atoms with Crippen LogP contribution in [0.2, 0.25) is 0 Å². The second kappa shape index (κ2) is 5.34. The Hall–Kier alpha value is -2.34. The molecule has 4 rings (SSSR count). The van der Waals surface area contributed by atoms with Crippen molar-refractivity contribution in [1.29, 1.82) is 0 Å². The van der Waals surface area contributed by atoms with Crippen LogP contribution in [0, 0.1) is 12.8 Å². The lowest BCUT2D eigenvalue weighted by molar-refractivity contribution is -0.119. The molecule has 2 aromatic rings. The fourth-order valence-electron chi connectivity index (χ4n) is 3.56. The molecule has 6 heteroatoms. The summed E-state index contributed by atoms with van der Waals surface area (Å²) in [6.07, 6.45) is 0.360. The Morgan fingerprint density at radius 3 is 2.54 bits per heavy atom. The number of nitrogens with one attached hydrogen (secondary N) is 1. The summed E-state index contributed by atoms with van der Waals surface area (Å²) >= 11 is 0. The molecule has 0 aromatic heterocycles. The summed E-state index contributed by atoms with van der Waals surface area (Å²) in [7, 11) is -3.65. The van der Waals surface area contributed by atoms with Gasteiger partial charge in [0.15, 0.2) is 0 Å². The zero-order valence-electron chi connectivity index (χ0n) is 13.3. The first kappa shape index (κ1) is 15.2. The van der Waals surface area contributed by atoms with Crippen molar-refractivity contribution in [3.63, 3.8) is 0 Å². The van der Waals surface area contributed by atoms with Crippen molar-refractivity contribution in [2.45, 2.75) is 24.3 Å². The van der Waals surface area contributed by atoms with Crippen LogP contribution in [0.25, 0.3) is 0 Å². The third-order valence-corrected chi connectivity index (χ3v) is 6.58. The largest absolute Gasteiger partial charge is 0.349 e. The third kappa shape index (κ3) is 2.29. The van der Waals surface area contributed by atoms with Gasteiger partial charge in [-0.3, -0.25) is 9.10 Å². The van der Waals surface area contributed by atoms with E-state index < -0.39 is 10.0 Å². The molecular weight excluding hydrogens is 324 g/mol. The van der Waals surface area contributed by atoms with Gasteiger partial charge < -0.3 is 5.32 Å². The molecule has 0 unspecified atom stereocenters. The number of para-hydroxylation sites is 1. The molecule has 2 aromatic carbocycles. The summed E-state index contributed by atoms with van der Waals surface area (Å²) in [5, 5.41) is 2.97. The van der Waals surface area contributed by atoms with Gasteiger partial charge in [-0.15, -0.1) is 0 Å². The van der Waals surface area contributed by atoms with Gasteiger partial charge in [0.1, 0.15) is 0 Å². The number of hydrogen-bond donors (Lipinski definition) is 1. The zero-order chi connectivity index (χ0) is 16.9. The van der Waals surface area contributed by atoms with Crippen molar-refractivity contribution < 1.29 is 13.2 Å². The summed E-state index contributed by atoms with van der Waals surface area (Å²) in [6.45, 7) is 2.24. The second-order valence-corrected chi connectivity index (χ2v) is 8.28. The Bertz CT molecular complexity index is 906. The molecule has 0 bridgehead atoms. The minimum atomic E-state index is -3.65. The summed E-state index contributed by atoms with van der Waals surface area (Å²) in [6, 6.07) is 14.2. The van der Waals surface area contributed by atoms with Gasteiger partial charge in [-0.2, -0.15) is 0 Å². The number of fused-ring (bicyclic) bond motifs is 3. The van der Waals surface area contributed by atoms with Crippen molar-refractivity contribution in [1.82, 2.24) is 5.32 Å². The van der Waals surface area contributed by atoms with E-state index in [0.717, 1.165) is 11.1 Å². The van der Waals surface area contributed by atoms with Crippen LogP contribution >= 0.6 is 0 Å². The molecule has 2 heterocycles. The van der Waals surface area contributed by atoms with E-state index in [4.69, 9.17) is 0 Å². The monoisotopic (exact) mass is 342 g/mol. The normalized spacial score (nSPS) is 22.7. The van der Waals surface area contributed by atoms with Crippen LogP contribution < -0.4 is 9.62 Å². The van der Waals surface area contributed by atoms with Gasteiger partial charge >= 0.3 is 0 Å². The highest BCUT2D eigenvalue weighted by Gasteiger charge is 2.43. The van der Waals surface area contributed by atoms with E-state index in [2.05, 4.69) is 5.32 Å². The number of rotatable bonds is 2. The van der Waals surface area contributed by atoms with Gasteiger partial charge in [0, 0.05) is 18.9 Å². The van der Waals surface area contributed by atoms with Crippen molar-refractivity contribution in [3.8, 4) is 0 Å². The van der Waals surface area contributed by atoms with Gasteiger partial charge in [0.2, 0.25) is 5.91 Å². The highest BCUT2D eigenvalue weighted by molar-refractivity contribution is 7.92. The highest BCUT2D eigenvalue weighted by atomic mass is 32.2. The number of anilines is 1. The lowest BCUT2D eigenvalue weighted by atomic mass is 9.89. The Morgan fingerprint density at radius 1 is 1.08 bits per heavy atom. The van der Waals surface area contributed by atoms with Gasteiger partial charge in [-0.25, -0.2) is 8.42 Å². The molecule has 2 aliphatic heterocycles. The third-order valence-electron chi connectivity index (χ3n) is 4.79. The molecule has 1 saturated heterocycles. The average Bonchev–Trinajstić information content (AvgIpc) is 2.95. The van der Waals surface area contributed by atoms with E-state index in [1.807, 2.05) is 31.2 Å². The van der Waals surface area contributed by atoms with E-state index >= 15 is 0 Å². The molecule has 1 N–H and O–H groups in total. The Balaban J connectivity index is 1.82. The van der Waals surface area contributed by atoms with Crippen LogP contribution in [-0.4, -0.2) is 20.9 Å². The lowest BCUT2D eigenvalue weighted by Crippen LogP contribution is -2.41. The molecule has 2 aliphatic rings. The average molecular weight is 342 g/mol. The second-order valence-electron chi connectivity index (χ2n) is 6.42. The van der Waals surface area contributed by atoms with E-state index in [9.17, 15) is 13.2 Å². The zero-order valence-corrected chi connectivity index (χ0v) is 14.1. The lowest BCUT2D eigenvalue weighted by Gasteiger charge is -2.36. The minimum Gasteiger partial charge on any atom is -0.349 e. The van der Waals surface area contributed by atoms with Gasteiger partial charge in [0.25, 0.3) is 10.0 Å². The minimum absolute atomic E-state index is 0.0191. The summed E-state index contributed by atoms with van der Waals surface area (Å²) in [5.74, 6) is -0.0537. The number of benzene rings is 2. The predicted molar refractivity (Wildman–Crippen MR) is 91.1 cm³/mol.